The van der Waals surface area contributed by atoms with Crippen LogP contribution < -0.4 is 9.80 Å². The Bertz CT molecular complexity index is 897. The molecule has 0 unspecified atom stereocenters. The van der Waals surface area contributed by atoms with Crippen LogP contribution in [0.5, 0.6) is 0 Å². The molecule has 24 heavy (non-hydrogen) atoms. The van der Waals surface area contributed by atoms with E-state index in [0.29, 0.717) is 6.04 Å². The van der Waals surface area contributed by atoms with Crippen molar-refractivity contribution in [1.29, 1.82) is 0 Å². The van der Waals surface area contributed by atoms with Crippen LogP contribution in [0.3, 0.4) is 0 Å². The summed E-state index contributed by atoms with van der Waals surface area (Å²) >= 11 is 0. The van der Waals surface area contributed by atoms with Crippen LogP contribution in [0.1, 0.15) is 17.7 Å². The van der Waals surface area contributed by atoms with Crippen molar-refractivity contribution < 1.29 is 0 Å². The minimum Gasteiger partial charge on any atom is -0.352 e. The molecule has 1 aliphatic carbocycles. The molecule has 7 heteroatoms. The van der Waals surface area contributed by atoms with Crippen LogP contribution in [0.25, 0.3) is 11.0 Å². The van der Waals surface area contributed by atoms with E-state index in [1.807, 2.05) is 12.3 Å². The standard InChI is InChI=1S/C17H19N7/c1-23(17-13-5-6-18-16(13)19-10-20-17)12-8-24(9-12)15-7-11-3-2-4-14(11)21-22-15/h5-7,10,12H,2-4,8-9H2,1H3,(H,18,19,20). The maximum Gasteiger partial charge on any atom is 0.151 e. The molecule has 3 aromatic rings. The van der Waals surface area contributed by atoms with Crippen molar-refractivity contribution in [3.63, 3.8) is 0 Å². The van der Waals surface area contributed by atoms with Gasteiger partial charge in [-0.3, -0.25) is 0 Å². The van der Waals surface area contributed by atoms with Crippen LogP contribution in [0, 0.1) is 0 Å². The second-order valence-electron chi connectivity index (χ2n) is 6.63. The van der Waals surface area contributed by atoms with Gasteiger partial charge in [-0.1, -0.05) is 0 Å². The summed E-state index contributed by atoms with van der Waals surface area (Å²) < 4.78 is 0. The Morgan fingerprint density at radius 2 is 2.12 bits per heavy atom. The SMILES string of the molecule is CN(c1ncnc2[nH]ccc12)C1CN(c2cc3c(nn2)CCC3)C1. The van der Waals surface area contributed by atoms with E-state index in [1.54, 1.807) is 6.33 Å². The van der Waals surface area contributed by atoms with E-state index in [0.717, 1.165) is 48.6 Å². The zero-order chi connectivity index (χ0) is 16.1. The van der Waals surface area contributed by atoms with E-state index in [-0.39, 0.29) is 0 Å². The van der Waals surface area contributed by atoms with Gasteiger partial charge in [-0.2, -0.15) is 5.10 Å². The number of aryl methyl sites for hydroxylation is 2. The lowest BCUT2D eigenvalue weighted by Crippen LogP contribution is -2.59. The molecule has 1 N–H and O–H groups in total. The number of nitrogens with one attached hydrogen (secondary N) is 1. The largest absolute Gasteiger partial charge is 0.352 e. The molecule has 0 saturated carbocycles. The summed E-state index contributed by atoms with van der Waals surface area (Å²) in [6.45, 7) is 1.89. The molecule has 7 nitrogen and oxygen atoms in total. The second-order valence-corrected chi connectivity index (χ2v) is 6.63. The van der Waals surface area contributed by atoms with Gasteiger partial charge in [0.2, 0.25) is 0 Å². The second kappa shape index (κ2) is 5.15. The molecule has 0 atom stereocenters. The molecule has 0 bridgehead atoms. The van der Waals surface area contributed by atoms with Crippen LogP contribution in [0.2, 0.25) is 0 Å². The summed E-state index contributed by atoms with van der Waals surface area (Å²) in [5.74, 6) is 1.99. The molecule has 4 heterocycles. The van der Waals surface area contributed by atoms with Crippen molar-refractivity contribution in [3.8, 4) is 0 Å². The monoisotopic (exact) mass is 321 g/mol. The van der Waals surface area contributed by atoms with Crippen molar-refractivity contribution in [1.82, 2.24) is 25.1 Å². The van der Waals surface area contributed by atoms with Crippen molar-refractivity contribution in [2.24, 2.45) is 0 Å². The van der Waals surface area contributed by atoms with E-state index in [2.05, 4.69) is 48.1 Å². The summed E-state index contributed by atoms with van der Waals surface area (Å²) in [7, 11) is 2.10. The van der Waals surface area contributed by atoms with Gasteiger partial charge in [-0.05, 0) is 37.0 Å². The third-order valence-electron chi connectivity index (χ3n) is 5.21. The Morgan fingerprint density at radius 1 is 1.21 bits per heavy atom. The summed E-state index contributed by atoms with van der Waals surface area (Å²) in [4.78, 5) is 16.4. The predicted molar refractivity (Wildman–Crippen MR) is 92.3 cm³/mol. The molecule has 122 valence electrons. The molecule has 2 aliphatic rings. The van der Waals surface area contributed by atoms with Crippen LogP contribution >= 0.6 is 0 Å². The van der Waals surface area contributed by atoms with Gasteiger partial charge in [0, 0.05) is 26.3 Å². The number of likely N-dealkylation sites (N-methyl/N-ethyl adjacent to an activating group) is 1. The van der Waals surface area contributed by atoms with Gasteiger partial charge >= 0.3 is 0 Å². The van der Waals surface area contributed by atoms with Crippen LogP contribution in [0.15, 0.2) is 24.7 Å². The van der Waals surface area contributed by atoms with E-state index in [1.165, 1.54) is 17.7 Å². The van der Waals surface area contributed by atoms with Gasteiger partial charge in [-0.25, -0.2) is 9.97 Å². The Morgan fingerprint density at radius 3 is 3.04 bits per heavy atom. The van der Waals surface area contributed by atoms with E-state index in [4.69, 9.17) is 0 Å². The first kappa shape index (κ1) is 13.7. The number of aromatic amines is 1. The number of fused-ring (bicyclic) bond motifs is 2. The minimum atomic E-state index is 0.424. The lowest BCUT2D eigenvalue weighted by Gasteiger charge is -2.45. The van der Waals surface area contributed by atoms with Crippen molar-refractivity contribution in [2.45, 2.75) is 25.3 Å². The highest BCUT2D eigenvalue weighted by atomic mass is 15.4. The number of hydrogen-bond acceptors (Lipinski definition) is 6. The number of hydrogen-bond donors (Lipinski definition) is 1. The quantitative estimate of drug-likeness (QED) is 0.789. The van der Waals surface area contributed by atoms with Gasteiger partial charge in [-0.15, -0.1) is 5.10 Å². The molecule has 0 spiro atoms. The molecule has 3 aromatic heterocycles. The highest BCUT2D eigenvalue weighted by molar-refractivity contribution is 5.87. The summed E-state index contributed by atoms with van der Waals surface area (Å²) in [5, 5.41) is 9.87. The number of rotatable bonds is 3. The van der Waals surface area contributed by atoms with E-state index in [9.17, 15) is 0 Å². The van der Waals surface area contributed by atoms with Crippen LogP contribution in [0.4, 0.5) is 11.6 Å². The lowest BCUT2D eigenvalue weighted by atomic mass is 10.1. The van der Waals surface area contributed by atoms with Crippen molar-refractivity contribution in [3.05, 3.63) is 35.9 Å². The third-order valence-corrected chi connectivity index (χ3v) is 5.21. The third kappa shape index (κ3) is 2.04. The summed E-state index contributed by atoms with van der Waals surface area (Å²) in [6.07, 6.45) is 6.95. The van der Waals surface area contributed by atoms with Crippen molar-refractivity contribution in [2.75, 3.05) is 29.9 Å². The highest BCUT2D eigenvalue weighted by Gasteiger charge is 2.33. The van der Waals surface area contributed by atoms with Gasteiger partial charge in [0.1, 0.15) is 17.8 Å². The first-order chi connectivity index (χ1) is 11.8. The molecular weight excluding hydrogens is 302 g/mol. The summed E-state index contributed by atoms with van der Waals surface area (Å²) in [6, 6.07) is 4.68. The van der Waals surface area contributed by atoms with E-state index < -0.39 is 0 Å². The number of nitrogens with zero attached hydrogens (tertiary/aromatic N) is 6. The Balaban J connectivity index is 1.33. The Labute approximate surface area is 139 Å². The molecule has 5 rings (SSSR count). The Kier molecular flexibility index (Phi) is 2.95. The molecule has 0 aromatic carbocycles. The molecule has 0 amide bonds. The van der Waals surface area contributed by atoms with Gasteiger partial charge in [0.05, 0.1) is 17.1 Å². The smallest absolute Gasteiger partial charge is 0.151 e. The van der Waals surface area contributed by atoms with Crippen LogP contribution in [-0.4, -0.2) is 51.3 Å². The molecule has 1 fully saturated rings. The zero-order valence-corrected chi connectivity index (χ0v) is 13.6. The van der Waals surface area contributed by atoms with Gasteiger partial charge in [0.25, 0.3) is 0 Å². The first-order valence-corrected chi connectivity index (χ1v) is 8.41. The maximum atomic E-state index is 4.48. The molecule has 1 saturated heterocycles. The van der Waals surface area contributed by atoms with Gasteiger partial charge < -0.3 is 14.8 Å². The maximum absolute atomic E-state index is 4.48. The number of aromatic nitrogens is 5. The number of H-pyrrole nitrogens is 1. The van der Waals surface area contributed by atoms with Crippen molar-refractivity contribution >= 4 is 22.7 Å². The molecule has 1 aliphatic heterocycles. The fraction of sp³-hybridized carbons (Fsp3) is 0.412. The average Bonchev–Trinajstić information content (AvgIpc) is 3.21. The number of anilines is 2. The lowest BCUT2D eigenvalue weighted by molar-refractivity contribution is 0.488. The van der Waals surface area contributed by atoms with Gasteiger partial charge in [0.15, 0.2) is 5.82 Å². The molecule has 0 radical (unpaired) electrons. The normalized spacial score (nSPS) is 17.1. The zero-order valence-electron chi connectivity index (χ0n) is 13.6. The van der Waals surface area contributed by atoms with Crippen LogP contribution in [-0.2, 0) is 12.8 Å². The average molecular weight is 321 g/mol. The fourth-order valence-electron chi connectivity index (χ4n) is 3.67. The summed E-state index contributed by atoms with van der Waals surface area (Å²) in [5.41, 5.74) is 3.44. The van der Waals surface area contributed by atoms with E-state index >= 15 is 0 Å². The Hall–Kier alpha value is -2.70. The molecular formula is C17H19N7. The highest BCUT2D eigenvalue weighted by Crippen LogP contribution is 2.29. The minimum absolute atomic E-state index is 0.424. The topological polar surface area (TPSA) is 73.8 Å². The fourth-order valence-corrected chi connectivity index (χ4v) is 3.67. The predicted octanol–water partition coefficient (Wildman–Crippen LogP) is 1.56. The first-order valence-electron chi connectivity index (χ1n) is 8.41.